The largest absolute Gasteiger partial charge is 0.497 e. The first-order valence-corrected chi connectivity index (χ1v) is 24.7. The molecule has 5 fully saturated rings. The number of allylic oxidation sites excluding steroid dienone is 1. The Labute approximate surface area is 380 Å². The highest BCUT2D eigenvalue weighted by atomic mass is 32.2. The fourth-order valence-corrected chi connectivity index (χ4v) is 11.5. The molecule has 2 aromatic heterocycles. The molecule has 2 aliphatic heterocycles. The average Bonchev–Trinajstić information content (AvgIpc) is 4.23. The summed E-state index contributed by atoms with van der Waals surface area (Å²) in [7, 11) is -2.35. The number of sulfonamides is 1. The minimum Gasteiger partial charge on any atom is -0.497 e. The van der Waals surface area contributed by atoms with Crippen molar-refractivity contribution in [2.75, 3.05) is 13.7 Å². The highest BCUT2D eigenvalue weighted by molar-refractivity contribution is 7.91. The van der Waals surface area contributed by atoms with Crippen LogP contribution in [0.25, 0.3) is 22.0 Å². The molecular weight excluding hydrogens is 853 g/mol. The van der Waals surface area contributed by atoms with Crippen LogP contribution in [-0.4, -0.2) is 102 Å². The van der Waals surface area contributed by atoms with Crippen LogP contribution < -0.4 is 29.6 Å². The van der Waals surface area contributed by atoms with Gasteiger partial charge in [-0.2, -0.15) is 0 Å². The molecule has 65 heavy (non-hydrogen) atoms. The summed E-state index contributed by atoms with van der Waals surface area (Å²) in [5, 5.41) is 6.65. The molecule has 348 valence electrons. The van der Waals surface area contributed by atoms with Gasteiger partial charge in [-0.25, -0.2) is 23.2 Å². The molecule has 4 aliphatic carbocycles. The number of aromatic nitrogens is 2. The molecule has 9 unspecified atom stereocenters. The summed E-state index contributed by atoms with van der Waals surface area (Å²) in [5.41, 5.74) is -0.290. The average molecular weight is 913 g/mol. The SMILES string of the molecule is COc1ccc2c(OC3CC4C(=O)NC5(C(=O)NS(=O)(=O)C6CC6)CC5C=CCCC(C)CC(C)C(NC(=O)OC5CC6CC6C5)C(=O)N4C3)nc(-c3ccc(OC(C)C)nc3)cc2c1. The van der Waals surface area contributed by atoms with Crippen LogP contribution in [0.5, 0.6) is 17.5 Å². The van der Waals surface area contributed by atoms with Crippen molar-refractivity contribution in [2.45, 2.75) is 133 Å². The topological polar surface area (TPSA) is 204 Å². The van der Waals surface area contributed by atoms with Gasteiger partial charge >= 0.3 is 6.09 Å². The molecular formula is C48H60N6O10S. The molecule has 0 spiro atoms. The lowest BCUT2D eigenvalue weighted by Crippen LogP contribution is -2.59. The van der Waals surface area contributed by atoms with Crippen molar-refractivity contribution in [2.24, 2.45) is 29.6 Å². The number of nitrogens with zero attached hydrogens (tertiary/aromatic N) is 3. The lowest BCUT2D eigenvalue weighted by Gasteiger charge is -2.33. The quantitative estimate of drug-likeness (QED) is 0.195. The van der Waals surface area contributed by atoms with Gasteiger partial charge in [0.25, 0.3) is 5.91 Å². The summed E-state index contributed by atoms with van der Waals surface area (Å²) in [6.07, 6.45) is 9.78. The van der Waals surface area contributed by atoms with Gasteiger partial charge in [0, 0.05) is 35.6 Å². The van der Waals surface area contributed by atoms with E-state index >= 15 is 4.79 Å². The number of amides is 4. The number of carbonyl (C=O) groups is 4. The molecule has 17 heteroatoms. The number of hydrogen-bond acceptors (Lipinski definition) is 12. The fraction of sp³-hybridized carbons (Fsp3) is 0.583. The third kappa shape index (κ3) is 9.75. The Morgan fingerprint density at radius 2 is 1.75 bits per heavy atom. The predicted molar refractivity (Wildman–Crippen MR) is 240 cm³/mol. The van der Waals surface area contributed by atoms with Crippen molar-refractivity contribution < 1.29 is 46.5 Å². The second-order valence-corrected chi connectivity index (χ2v) is 21.5. The van der Waals surface area contributed by atoms with E-state index < -0.39 is 68.7 Å². The summed E-state index contributed by atoms with van der Waals surface area (Å²) >= 11 is 0. The summed E-state index contributed by atoms with van der Waals surface area (Å²) < 4.78 is 52.3. The number of pyridine rings is 2. The van der Waals surface area contributed by atoms with E-state index in [1.807, 2.05) is 57.2 Å². The summed E-state index contributed by atoms with van der Waals surface area (Å²) in [6.45, 7) is 7.82. The van der Waals surface area contributed by atoms with Crippen LogP contribution >= 0.6 is 0 Å². The molecule has 9 rings (SSSR count). The Morgan fingerprint density at radius 1 is 0.969 bits per heavy atom. The number of rotatable bonds is 11. The molecule has 0 radical (unpaired) electrons. The minimum atomic E-state index is -3.93. The van der Waals surface area contributed by atoms with E-state index in [9.17, 15) is 22.8 Å². The molecule has 4 saturated carbocycles. The van der Waals surface area contributed by atoms with Crippen molar-refractivity contribution in [3.05, 3.63) is 54.7 Å². The summed E-state index contributed by atoms with van der Waals surface area (Å²) in [6, 6.07) is 8.83. The zero-order chi connectivity index (χ0) is 45.8. The molecule has 3 N–H and O–H groups in total. The molecule has 4 heterocycles. The molecule has 4 amide bonds. The first-order chi connectivity index (χ1) is 31.1. The zero-order valence-corrected chi connectivity index (χ0v) is 38.5. The maximum absolute atomic E-state index is 15.2. The number of nitrogens with one attached hydrogen (secondary N) is 3. The van der Waals surface area contributed by atoms with Crippen molar-refractivity contribution in [3.63, 3.8) is 0 Å². The van der Waals surface area contributed by atoms with E-state index in [1.165, 1.54) is 4.90 Å². The van der Waals surface area contributed by atoms with Crippen molar-refractivity contribution >= 4 is 44.6 Å². The third-order valence-corrected chi connectivity index (χ3v) is 15.9. The van der Waals surface area contributed by atoms with Gasteiger partial charge in [0.05, 0.1) is 30.7 Å². The maximum atomic E-state index is 15.2. The Morgan fingerprint density at radius 3 is 2.46 bits per heavy atom. The van der Waals surface area contributed by atoms with E-state index in [0.29, 0.717) is 65.8 Å². The van der Waals surface area contributed by atoms with Gasteiger partial charge in [0.2, 0.25) is 33.6 Å². The first-order valence-electron chi connectivity index (χ1n) is 23.2. The normalized spacial score (nSPS) is 31.1. The Hall–Kier alpha value is -5.45. The smallest absolute Gasteiger partial charge is 0.408 e. The second-order valence-electron chi connectivity index (χ2n) is 19.6. The van der Waals surface area contributed by atoms with Crippen LogP contribution in [0, 0.1) is 29.6 Å². The van der Waals surface area contributed by atoms with Gasteiger partial charge in [-0.1, -0.05) is 26.0 Å². The number of benzene rings is 1. The van der Waals surface area contributed by atoms with E-state index in [-0.39, 0.29) is 49.3 Å². The zero-order valence-electron chi connectivity index (χ0n) is 37.7. The van der Waals surface area contributed by atoms with Gasteiger partial charge in [0.15, 0.2) is 0 Å². The monoisotopic (exact) mass is 912 g/mol. The maximum Gasteiger partial charge on any atom is 0.408 e. The number of alkyl carbamates (subject to hydrolysis) is 1. The third-order valence-electron chi connectivity index (χ3n) is 14.0. The number of ether oxygens (including phenoxy) is 4. The number of methoxy groups -OCH3 is 1. The van der Waals surface area contributed by atoms with Gasteiger partial charge < -0.3 is 34.5 Å². The van der Waals surface area contributed by atoms with E-state index in [4.69, 9.17) is 23.9 Å². The van der Waals surface area contributed by atoms with Gasteiger partial charge in [0.1, 0.15) is 35.6 Å². The van der Waals surface area contributed by atoms with Crippen molar-refractivity contribution in [1.29, 1.82) is 0 Å². The number of fused-ring (bicyclic) bond motifs is 4. The van der Waals surface area contributed by atoms with E-state index in [2.05, 4.69) is 27.3 Å². The number of hydrogen-bond donors (Lipinski definition) is 3. The number of carbonyl (C=O) groups excluding carboxylic acids is 4. The first kappa shape index (κ1) is 44.7. The Bertz CT molecular complexity index is 2470. The van der Waals surface area contributed by atoms with E-state index in [1.54, 1.807) is 25.4 Å². The Kier molecular flexibility index (Phi) is 12.2. The highest BCUT2D eigenvalue weighted by Gasteiger charge is 2.62. The molecule has 9 atom stereocenters. The summed E-state index contributed by atoms with van der Waals surface area (Å²) in [4.78, 5) is 68.4. The molecule has 0 bridgehead atoms. The lowest BCUT2D eigenvalue weighted by atomic mass is 9.88. The van der Waals surface area contributed by atoms with Crippen molar-refractivity contribution in [3.8, 4) is 28.8 Å². The lowest BCUT2D eigenvalue weighted by molar-refractivity contribution is -0.142. The van der Waals surface area contributed by atoms with Crippen LogP contribution in [0.4, 0.5) is 4.79 Å². The van der Waals surface area contributed by atoms with Crippen LogP contribution in [0.2, 0.25) is 0 Å². The molecule has 3 aromatic rings. The van der Waals surface area contributed by atoms with E-state index in [0.717, 1.165) is 31.1 Å². The standard InChI is InChI=1S/C48H60N6O10S/c1-26(2)62-41-15-10-29(24-49-41)39-21-32-20-34(61-5)11-14-38(32)44(50-39)63-36-22-40-43(55)52-48(46(57)53-65(59,60)37-12-13-37)23-33(48)9-7-6-8-27(3)16-28(4)42(45(56)54(40)25-36)51-47(58)64-35-18-30-17-31(30)19-35/h7,9-11,14-15,20-21,24,26-28,30-31,33,35-37,40,42H,6,8,12-13,16-19,22-23,25H2,1-5H3,(H,51,58)(H,52,55)(H,53,57). The molecule has 16 nitrogen and oxygen atoms in total. The molecule has 1 aromatic carbocycles. The summed E-state index contributed by atoms with van der Waals surface area (Å²) in [5.74, 6) is -0.0477. The molecule has 1 saturated heterocycles. The van der Waals surface area contributed by atoms with Crippen LogP contribution in [-0.2, 0) is 29.1 Å². The predicted octanol–water partition coefficient (Wildman–Crippen LogP) is 5.83. The van der Waals surface area contributed by atoms with Crippen LogP contribution in [0.3, 0.4) is 0 Å². The van der Waals surface area contributed by atoms with Crippen LogP contribution in [0.15, 0.2) is 54.7 Å². The molecule has 6 aliphatic rings. The second kappa shape index (κ2) is 17.7. The Balaban J connectivity index is 1.05. The van der Waals surface area contributed by atoms with Gasteiger partial charge in [-0.05, 0) is 131 Å². The highest BCUT2D eigenvalue weighted by Crippen LogP contribution is 2.52. The van der Waals surface area contributed by atoms with Gasteiger partial charge in [-0.15, -0.1) is 0 Å². The van der Waals surface area contributed by atoms with Crippen LogP contribution in [0.1, 0.15) is 91.9 Å². The fourth-order valence-electron chi connectivity index (χ4n) is 10.1. The van der Waals surface area contributed by atoms with Gasteiger partial charge in [-0.3, -0.25) is 19.1 Å². The van der Waals surface area contributed by atoms with Crippen molar-refractivity contribution in [1.82, 2.24) is 30.2 Å². The minimum absolute atomic E-state index is 0.00923.